The van der Waals surface area contributed by atoms with Crippen molar-refractivity contribution >= 4 is 27.3 Å². The summed E-state index contributed by atoms with van der Waals surface area (Å²) in [6.45, 7) is 2.87. The lowest BCUT2D eigenvalue weighted by Crippen LogP contribution is -2.43. The highest BCUT2D eigenvalue weighted by molar-refractivity contribution is 7.92. The second kappa shape index (κ2) is 9.51. The van der Waals surface area contributed by atoms with Gasteiger partial charge in [-0.05, 0) is 38.3 Å². The Morgan fingerprint density at radius 2 is 1.83 bits per heavy atom. The molecule has 0 radical (unpaired) electrons. The first kappa shape index (κ1) is 22.4. The first-order valence-corrected chi connectivity index (χ1v) is 11.0. The van der Waals surface area contributed by atoms with E-state index < -0.39 is 27.4 Å². The molecule has 0 saturated heterocycles. The summed E-state index contributed by atoms with van der Waals surface area (Å²) in [5.41, 5.74) is 1.26. The topological polar surface area (TPSA) is 110 Å². The van der Waals surface area contributed by atoms with Crippen LogP contribution < -0.4 is 9.62 Å². The lowest BCUT2D eigenvalue weighted by Gasteiger charge is -2.24. The van der Waals surface area contributed by atoms with Gasteiger partial charge in [-0.25, -0.2) is 8.42 Å². The second-order valence-electron chi connectivity index (χ2n) is 6.94. The molecule has 2 aromatic rings. The molecule has 1 N–H and O–H groups in total. The average molecular weight is 420 g/mol. The van der Waals surface area contributed by atoms with Crippen LogP contribution in [-0.4, -0.2) is 38.1 Å². The Balaban J connectivity index is 2.10. The number of aryl methyl sites for hydroxylation is 1. The number of nitro benzene ring substituents is 1. The molecule has 0 fully saturated rings. The molecule has 0 aromatic heterocycles. The van der Waals surface area contributed by atoms with Gasteiger partial charge in [-0.1, -0.05) is 36.4 Å². The molecule has 2 aromatic carbocycles. The SMILES string of the molecule is Cc1c(N(CC(=O)NC(C)CCc2ccccc2)S(C)(=O)=O)cccc1[N+](=O)[O-]. The zero-order chi connectivity index (χ0) is 21.6. The minimum atomic E-state index is -3.82. The summed E-state index contributed by atoms with van der Waals surface area (Å²) >= 11 is 0. The largest absolute Gasteiger partial charge is 0.352 e. The highest BCUT2D eigenvalue weighted by Gasteiger charge is 2.26. The smallest absolute Gasteiger partial charge is 0.274 e. The molecule has 0 aliphatic rings. The Bertz CT molecular complexity index is 977. The number of sulfonamides is 1. The van der Waals surface area contributed by atoms with E-state index >= 15 is 0 Å². The molecule has 0 bridgehead atoms. The van der Waals surface area contributed by atoms with E-state index in [4.69, 9.17) is 0 Å². The van der Waals surface area contributed by atoms with Crippen LogP contribution in [0.1, 0.15) is 24.5 Å². The standard InChI is InChI=1S/C20H25N3O5S/c1-15(12-13-17-8-5-4-6-9-17)21-20(24)14-22(29(3,27)28)18-10-7-11-19(16(18)2)23(25)26/h4-11,15H,12-14H2,1-3H3,(H,21,24). The summed E-state index contributed by atoms with van der Waals surface area (Å²) in [5, 5.41) is 14.0. The third-order valence-corrected chi connectivity index (χ3v) is 5.67. The maximum absolute atomic E-state index is 12.5. The van der Waals surface area contributed by atoms with Crippen molar-refractivity contribution in [1.29, 1.82) is 0 Å². The number of carbonyl (C=O) groups is 1. The Morgan fingerprint density at radius 3 is 2.41 bits per heavy atom. The number of rotatable bonds is 9. The van der Waals surface area contributed by atoms with Crippen molar-refractivity contribution in [2.75, 3.05) is 17.1 Å². The lowest BCUT2D eigenvalue weighted by atomic mass is 10.1. The van der Waals surface area contributed by atoms with Crippen LogP contribution in [-0.2, 0) is 21.2 Å². The van der Waals surface area contributed by atoms with Crippen LogP contribution in [0.4, 0.5) is 11.4 Å². The number of hydrogen-bond donors (Lipinski definition) is 1. The van der Waals surface area contributed by atoms with E-state index in [1.54, 1.807) is 0 Å². The Labute approximate surface area is 170 Å². The molecule has 1 unspecified atom stereocenters. The van der Waals surface area contributed by atoms with Gasteiger partial charge in [-0.15, -0.1) is 0 Å². The lowest BCUT2D eigenvalue weighted by molar-refractivity contribution is -0.385. The highest BCUT2D eigenvalue weighted by atomic mass is 32.2. The molecule has 0 aliphatic heterocycles. The van der Waals surface area contributed by atoms with E-state index in [0.29, 0.717) is 6.42 Å². The van der Waals surface area contributed by atoms with Crippen LogP contribution in [0, 0.1) is 17.0 Å². The van der Waals surface area contributed by atoms with E-state index in [1.807, 2.05) is 37.3 Å². The van der Waals surface area contributed by atoms with Crippen molar-refractivity contribution in [2.24, 2.45) is 0 Å². The van der Waals surface area contributed by atoms with E-state index in [-0.39, 0.29) is 23.0 Å². The van der Waals surface area contributed by atoms with Crippen molar-refractivity contribution in [1.82, 2.24) is 5.32 Å². The average Bonchev–Trinajstić information content (AvgIpc) is 2.64. The van der Waals surface area contributed by atoms with Crippen LogP contribution in [0.25, 0.3) is 0 Å². The van der Waals surface area contributed by atoms with Crippen molar-refractivity contribution in [3.63, 3.8) is 0 Å². The number of nitro groups is 1. The van der Waals surface area contributed by atoms with Crippen molar-refractivity contribution < 1.29 is 18.1 Å². The number of hydrogen-bond acceptors (Lipinski definition) is 5. The van der Waals surface area contributed by atoms with Crippen LogP contribution in [0.3, 0.4) is 0 Å². The van der Waals surface area contributed by atoms with Gasteiger partial charge in [0.2, 0.25) is 15.9 Å². The first-order chi connectivity index (χ1) is 13.6. The predicted molar refractivity (Wildman–Crippen MR) is 112 cm³/mol. The molecule has 0 saturated carbocycles. The van der Waals surface area contributed by atoms with Crippen LogP contribution in [0.2, 0.25) is 0 Å². The van der Waals surface area contributed by atoms with Crippen molar-refractivity contribution in [2.45, 2.75) is 32.7 Å². The maximum atomic E-state index is 12.5. The normalized spacial score (nSPS) is 12.2. The zero-order valence-corrected chi connectivity index (χ0v) is 17.5. The van der Waals surface area contributed by atoms with Gasteiger partial charge in [0.15, 0.2) is 0 Å². The fourth-order valence-electron chi connectivity index (χ4n) is 3.01. The van der Waals surface area contributed by atoms with E-state index in [1.165, 1.54) is 25.1 Å². The van der Waals surface area contributed by atoms with Gasteiger partial charge in [-0.3, -0.25) is 19.2 Å². The second-order valence-corrected chi connectivity index (χ2v) is 8.85. The maximum Gasteiger partial charge on any atom is 0.274 e. The first-order valence-electron chi connectivity index (χ1n) is 9.14. The molecular weight excluding hydrogens is 394 g/mol. The predicted octanol–water partition coefficient (Wildman–Crippen LogP) is 2.81. The third-order valence-electron chi connectivity index (χ3n) is 4.55. The van der Waals surface area contributed by atoms with Crippen LogP contribution in [0.15, 0.2) is 48.5 Å². The summed E-state index contributed by atoms with van der Waals surface area (Å²) in [6.07, 6.45) is 2.45. The van der Waals surface area contributed by atoms with Crippen LogP contribution >= 0.6 is 0 Å². The highest BCUT2D eigenvalue weighted by Crippen LogP contribution is 2.29. The molecule has 0 spiro atoms. The summed E-state index contributed by atoms with van der Waals surface area (Å²) in [4.78, 5) is 23.1. The molecular formula is C20H25N3O5S. The third kappa shape index (κ3) is 6.28. The molecule has 0 aliphatic carbocycles. The summed E-state index contributed by atoms with van der Waals surface area (Å²) in [6, 6.07) is 13.8. The summed E-state index contributed by atoms with van der Waals surface area (Å²) in [5.74, 6) is -0.470. The van der Waals surface area contributed by atoms with Gasteiger partial charge in [0.25, 0.3) is 5.69 Å². The molecule has 8 nitrogen and oxygen atoms in total. The molecule has 2 rings (SSSR count). The fraction of sp³-hybridized carbons (Fsp3) is 0.350. The number of amides is 1. The van der Waals surface area contributed by atoms with Crippen molar-refractivity contribution in [3.05, 3.63) is 69.8 Å². The number of nitrogens with zero attached hydrogens (tertiary/aromatic N) is 2. The molecule has 9 heteroatoms. The van der Waals surface area contributed by atoms with Crippen molar-refractivity contribution in [3.8, 4) is 0 Å². The Kier molecular flexibility index (Phi) is 7.33. The zero-order valence-electron chi connectivity index (χ0n) is 16.7. The molecule has 0 heterocycles. The molecule has 156 valence electrons. The van der Waals surface area contributed by atoms with Gasteiger partial charge in [0, 0.05) is 12.1 Å². The monoisotopic (exact) mass is 419 g/mol. The number of nitrogens with one attached hydrogen (secondary N) is 1. The van der Waals surface area contributed by atoms with E-state index in [0.717, 1.165) is 22.5 Å². The number of benzene rings is 2. The molecule has 29 heavy (non-hydrogen) atoms. The molecule has 1 atom stereocenters. The summed E-state index contributed by atoms with van der Waals surface area (Å²) < 4.78 is 25.4. The van der Waals surface area contributed by atoms with E-state index in [2.05, 4.69) is 5.32 Å². The summed E-state index contributed by atoms with van der Waals surface area (Å²) in [7, 11) is -3.82. The van der Waals surface area contributed by atoms with Gasteiger partial charge in [0.05, 0.1) is 22.4 Å². The fourth-order valence-corrected chi connectivity index (χ4v) is 3.92. The molecule has 1 amide bonds. The minimum absolute atomic E-state index is 0.119. The Morgan fingerprint density at radius 1 is 1.17 bits per heavy atom. The Hall–Kier alpha value is -2.94. The minimum Gasteiger partial charge on any atom is -0.352 e. The quantitative estimate of drug-likeness (QED) is 0.496. The number of carbonyl (C=O) groups excluding carboxylic acids is 1. The van der Waals surface area contributed by atoms with Gasteiger partial charge in [0.1, 0.15) is 6.54 Å². The van der Waals surface area contributed by atoms with Gasteiger partial charge >= 0.3 is 0 Å². The van der Waals surface area contributed by atoms with Crippen LogP contribution in [0.5, 0.6) is 0 Å². The van der Waals surface area contributed by atoms with Gasteiger partial charge < -0.3 is 5.32 Å². The van der Waals surface area contributed by atoms with Gasteiger partial charge in [-0.2, -0.15) is 0 Å². The van der Waals surface area contributed by atoms with E-state index in [9.17, 15) is 23.3 Å². The number of anilines is 1.